The van der Waals surface area contributed by atoms with E-state index in [1.807, 2.05) is 20.8 Å². The number of hydrogen-bond donors (Lipinski definition) is 0. The number of methoxy groups -OCH3 is 3. The van der Waals surface area contributed by atoms with Gasteiger partial charge in [-0.05, 0) is 47.6 Å². The topological polar surface area (TPSA) is 118 Å². The second-order valence-corrected chi connectivity index (χ2v) is 9.37. The minimum absolute atomic E-state index is 0.00244. The predicted octanol–water partition coefficient (Wildman–Crippen LogP) is 3.91. The normalized spacial score (nSPS) is 11.2. The number of pyridine rings is 1. The third-order valence-corrected chi connectivity index (χ3v) is 6.84. The molecule has 0 aliphatic rings. The molecule has 39 heavy (non-hydrogen) atoms. The standard InChI is InChI=1S/C29H32N4O6/c1-8-21-17-11-23(36-5)24(37-6)13-19(17)29(35)33(31-21)9-10-39-26-14-20-18(12-25(26)38-7)27(16(2)3)22(15-30)32(4)28(20)34/h11-14,16H,8-10H2,1-7H3. The van der Waals surface area contributed by atoms with Gasteiger partial charge in [-0.2, -0.15) is 10.4 Å². The Morgan fingerprint density at radius 3 is 1.97 bits per heavy atom. The molecule has 0 N–H and O–H groups in total. The molecule has 0 saturated carbocycles. The lowest BCUT2D eigenvalue weighted by atomic mass is 9.94. The number of benzene rings is 2. The van der Waals surface area contributed by atoms with Gasteiger partial charge in [-0.1, -0.05) is 20.8 Å². The molecule has 2 heterocycles. The lowest BCUT2D eigenvalue weighted by Crippen LogP contribution is -2.27. The van der Waals surface area contributed by atoms with Gasteiger partial charge in [0.2, 0.25) is 0 Å². The van der Waals surface area contributed by atoms with Crippen molar-refractivity contribution >= 4 is 21.5 Å². The van der Waals surface area contributed by atoms with Crippen molar-refractivity contribution in [2.75, 3.05) is 27.9 Å². The second kappa shape index (κ2) is 11.1. The lowest BCUT2D eigenvalue weighted by Gasteiger charge is -2.18. The molecule has 0 aliphatic carbocycles. The average Bonchev–Trinajstić information content (AvgIpc) is 2.94. The molecule has 10 heteroatoms. The quantitative estimate of drug-likeness (QED) is 0.318. The van der Waals surface area contributed by atoms with Crippen LogP contribution in [0.2, 0.25) is 0 Å². The van der Waals surface area contributed by atoms with Crippen LogP contribution < -0.4 is 30.1 Å². The zero-order valence-corrected chi connectivity index (χ0v) is 23.2. The summed E-state index contributed by atoms with van der Waals surface area (Å²) in [6.07, 6.45) is 0.609. The van der Waals surface area contributed by atoms with E-state index in [0.29, 0.717) is 56.7 Å². The van der Waals surface area contributed by atoms with Gasteiger partial charge >= 0.3 is 0 Å². The van der Waals surface area contributed by atoms with Gasteiger partial charge in [-0.3, -0.25) is 9.59 Å². The number of rotatable bonds is 9. The van der Waals surface area contributed by atoms with Crippen LogP contribution >= 0.6 is 0 Å². The fourth-order valence-electron chi connectivity index (χ4n) is 4.88. The van der Waals surface area contributed by atoms with Crippen molar-refractivity contribution in [2.24, 2.45) is 7.05 Å². The van der Waals surface area contributed by atoms with Gasteiger partial charge in [0.05, 0.1) is 44.3 Å². The van der Waals surface area contributed by atoms with Crippen LogP contribution in [0.1, 0.15) is 43.6 Å². The summed E-state index contributed by atoms with van der Waals surface area (Å²) in [6.45, 7) is 6.18. The highest BCUT2D eigenvalue weighted by atomic mass is 16.5. The molecular formula is C29H32N4O6. The Bertz CT molecular complexity index is 1730. The van der Waals surface area contributed by atoms with Gasteiger partial charge in [0, 0.05) is 12.4 Å². The highest BCUT2D eigenvalue weighted by Gasteiger charge is 2.20. The summed E-state index contributed by atoms with van der Waals surface area (Å²) in [5, 5.41) is 16.5. The highest BCUT2D eigenvalue weighted by Crippen LogP contribution is 2.36. The molecule has 2 aromatic carbocycles. The monoisotopic (exact) mass is 532 g/mol. The summed E-state index contributed by atoms with van der Waals surface area (Å²) >= 11 is 0. The Morgan fingerprint density at radius 1 is 0.872 bits per heavy atom. The maximum absolute atomic E-state index is 13.3. The first-order valence-electron chi connectivity index (χ1n) is 12.6. The van der Waals surface area contributed by atoms with Gasteiger partial charge in [0.1, 0.15) is 18.4 Å². The van der Waals surface area contributed by atoms with E-state index >= 15 is 0 Å². The summed E-state index contributed by atoms with van der Waals surface area (Å²) in [5.74, 6) is 1.77. The van der Waals surface area contributed by atoms with Gasteiger partial charge in [0.15, 0.2) is 23.0 Å². The Labute approximate surface area is 225 Å². The zero-order valence-electron chi connectivity index (χ0n) is 23.2. The largest absolute Gasteiger partial charge is 0.493 e. The molecule has 10 nitrogen and oxygen atoms in total. The maximum Gasteiger partial charge on any atom is 0.274 e. The smallest absolute Gasteiger partial charge is 0.274 e. The van der Waals surface area contributed by atoms with Crippen LogP contribution in [0.25, 0.3) is 21.5 Å². The Morgan fingerprint density at radius 2 is 1.41 bits per heavy atom. The van der Waals surface area contributed by atoms with E-state index < -0.39 is 0 Å². The molecule has 204 valence electrons. The molecule has 0 unspecified atom stereocenters. The summed E-state index contributed by atoms with van der Waals surface area (Å²) in [4.78, 5) is 26.4. The summed E-state index contributed by atoms with van der Waals surface area (Å²) in [6, 6.07) is 8.96. The van der Waals surface area contributed by atoms with Crippen molar-refractivity contribution in [3.05, 3.63) is 61.9 Å². The van der Waals surface area contributed by atoms with E-state index in [2.05, 4.69) is 11.2 Å². The number of nitriles is 1. The number of aromatic nitrogens is 3. The van der Waals surface area contributed by atoms with Crippen molar-refractivity contribution in [3.63, 3.8) is 0 Å². The molecule has 4 rings (SSSR count). The van der Waals surface area contributed by atoms with Crippen LogP contribution in [0.15, 0.2) is 33.9 Å². The molecule has 0 atom stereocenters. The van der Waals surface area contributed by atoms with Crippen molar-refractivity contribution in [3.8, 4) is 29.1 Å². The van der Waals surface area contributed by atoms with Gasteiger partial charge < -0.3 is 23.5 Å². The summed E-state index contributed by atoms with van der Waals surface area (Å²) < 4.78 is 25.1. The molecule has 0 saturated heterocycles. The van der Waals surface area contributed by atoms with Crippen LogP contribution in [0, 0.1) is 11.3 Å². The maximum atomic E-state index is 13.3. The van der Waals surface area contributed by atoms with Gasteiger partial charge in [0.25, 0.3) is 11.1 Å². The minimum Gasteiger partial charge on any atom is -0.493 e. The zero-order chi connectivity index (χ0) is 28.4. The third kappa shape index (κ3) is 4.76. The molecule has 4 aromatic rings. The summed E-state index contributed by atoms with van der Waals surface area (Å²) in [7, 11) is 6.17. The number of fused-ring (bicyclic) bond motifs is 2. The molecule has 0 amide bonds. The first kappa shape index (κ1) is 27.5. The van der Waals surface area contributed by atoms with E-state index in [1.165, 1.54) is 23.5 Å². The molecule has 0 spiro atoms. The second-order valence-electron chi connectivity index (χ2n) is 9.37. The fraction of sp³-hybridized carbons (Fsp3) is 0.379. The molecule has 0 radical (unpaired) electrons. The van der Waals surface area contributed by atoms with Crippen LogP contribution in [-0.2, 0) is 20.0 Å². The molecule has 0 bridgehead atoms. The van der Waals surface area contributed by atoms with Crippen LogP contribution in [-0.4, -0.2) is 42.3 Å². The third-order valence-electron chi connectivity index (χ3n) is 6.84. The van der Waals surface area contributed by atoms with Gasteiger partial charge in [-0.25, -0.2) is 4.68 Å². The van der Waals surface area contributed by atoms with Crippen LogP contribution in [0.5, 0.6) is 23.0 Å². The van der Waals surface area contributed by atoms with Crippen LogP contribution in [0.4, 0.5) is 0 Å². The Kier molecular flexibility index (Phi) is 7.81. The predicted molar refractivity (Wildman–Crippen MR) is 149 cm³/mol. The first-order valence-corrected chi connectivity index (χ1v) is 12.6. The van der Waals surface area contributed by atoms with Gasteiger partial charge in [-0.15, -0.1) is 0 Å². The molecule has 0 fully saturated rings. The molecular weight excluding hydrogens is 500 g/mol. The number of ether oxygens (including phenoxy) is 4. The van der Waals surface area contributed by atoms with Crippen LogP contribution in [0.3, 0.4) is 0 Å². The Balaban J connectivity index is 1.73. The molecule has 2 aromatic heterocycles. The van der Waals surface area contributed by atoms with Crippen molar-refractivity contribution in [1.82, 2.24) is 14.3 Å². The first-order chi connectivity index (χ1) is 18.7. The van der Waals surface area contributed by atoms with Crippen molar-refractivity contribution in [2.45, 2.75) is 39.7 Å². The molecule has 0 aliphatic heterocycles. The van der Waals surface area contributed by atoms with E-state index in [-0.39, 0.29) is 30.2 Å². The van der Waals surface area contributed by atoms with E-state index in [0.717, 1.165) is 11.3 Å². The number of hydrogen-bond acceptors (Lipinski definition) is 8. The average molecular weight is 533 g/mol. The van der Waals surface area contributed by atoms with Crippen molar-refractivity contribution < 1.29 is 18.9 Å². The Hall–Kier alpha value is -4.52. The van der Waals surface area contributed by atoms with Crippen molar-refractivity contribution in [1.29, 1.82) is 5.26 Å². The summed E-state index contributed by atoms with van der Waals surface area (Å²) in [5.41, 5.74) is 1.25. The lowest BCUT2D eigenvalue weighted by molar-refractivity contribution is 0.272. The SMILES string of the molecule is CCc1nn(CCOc2cc3c(=O)n(C)c(C#N)c(C(C)C)c3cc2OC)c(=O)c2cc(OC)c(OC)cc12. The highest BCUT2D eigenvalue weighted by molar-refractivity contribution is 5.90. The van der Waals surface area contributed by atoms with E-state index in [1.54, 1.807) is 38.4 Å². The fourth-order valence-corrected chi connectivity index (χ4v) is 4.88. The van der Waals surface area contributed by atoms with E-state index in [4.69, 9.17) is 18.9 Å². The number of aryl methyl sites for hydroxylation is 1. The minimum atomic E-state index is -0.303. The number of nitrogens with zero attached hydrogens (tertiary/aromatic N) is 4. The van der Waals surface area contributed by atoms with E-state index in [9.17, 15) is 14.9 Å².